The van der Waals surface area contributed by atoms with Crippen LogP contribution in [0.15, 0.2) is 51.4 Å². The topological polar surface area (TPSA) is 119 Å². The van der Waals surface area contributed by atoms with Crippen molar-refractivity contribution < 1.29 is 42.8 Å². The molecule has 260 valence electrons. The van der Waals surface area contributed by atoms with Gasteiger partial charge in [-0.3, -0.25) is 14.4 Å². The molecule has 0 spiro atoms. The van der Waals surface area contributed by atoms with Crippen LogP contribution in [-0.4, -0.2) is 56.2 Å². The van der Waals surface area contributed by atoms with Crippen molar-refractivity contribution in [3.05, 3.63) is 68.1 Å². The average molecular weight is 794 g/mol. The fraction of sp³-hybridized carbons (Fsp3) is 0.417. The molecule has 3 aromatic rings. The van der Waals surface area contributed by atoms with Crippen LogP contribution in [0.4, 0.5) is 0 Å². The highest BCUT2D eigenvalue weighted by Crippen LogP contribution is 2.37. The first-order chi connectivity index (χ1) is 22.8. The molecule has 0 radical (unpaired) electrons. The molecule has 48 heavy (non-hydrogen) atoms. The summed E-state index contributed by atoms with van der Waals surface area (Å²) in [5.74, 6) is 0.510. The molecule has 0 aliphatic heterocycles. The number of benzene rings is 3. The van der Waals surface area contributed by atoms with Crippen molar-refractivity contribution in [2.75, 3.05) is 33.0 Å². The number of ether oxygens (including phenoxy) is 6. The quantitative estimate of drug-likeness (QED) is 0.0829. The van der Waals surface area contributed by atoms with Crippen LogP contribution in [0.1, 0.15) is 70.0 Å². The number of esters is 2. The first kappa shape index (κ1) is 38.8. The maximum absolute atomic E-state index is 13.3. The summed E-state index contributed by atoms with van der Waals surface area (Å²) in [6.45, 7) is 15.1. The fourth-order valence-corrected chi connectivity index (χ4v) is 5.35. The van der Waals surface area contributed by atoms with Gasteiger partial charge in [-0.1, -0.05) is 31.9 Å². The Morgan fingerprint density at radius 1 is 0.604 bits per heavy atom. The Morgan fingerprint density at radius 3 is 1.44 bits per heavy atom. The van der Waals surface area contributed by atoms with Gasteiger partial charge in [-0.15, -0.1) is 0 Å². The van der Waals surface area contributed by atoms with E-state index in [1.807, 2.05) is 48.5 Å². The fourth-order valence-electron chi connectivity index (χ4n) is 4.42. The SMILES string of the molecule is CCOc1cc(Br)c(CC(=O)Oc2ccc(C(=O)CNC(C)(C)C)cc2OC(=O)Cc2cc(OCC)c(OCC)cc2Br)cc1OCC. The second-order valence-corrected chi connectivity index (χ2v) is 13.2. The zero-order valence-corrected chi connectivity index (χ0v) is 31.6. The van der Waals surface area contributed by atoms with Crippen LogP contribution >= 0.6 is 31.9 Å². The third kappa shape index (κ3) is 11.5. The van der Waals surface area contributed by atoms with Gasteiger partial charge in [0.2, 0.25) is 0 Å². The van der Waals surface area contributed by atoms with E-state index in [0.717, 1.165) is 0 Å². The zero-order chi connectivity index (χ0) is 35.4. The minimum absolute atomic E-state index is 0.0125. The van der Waals surface area contributed by atoms with E-state index in [-0.39, 0.29) is 47.8 Å². The molecule has 10 nitrogen and oxygen atoms in total. The molecule has 0 heterocycles. The van der Waals surface area contributed by atoms with Crippen LogP contribution in [0.2, 0.25) is 0 Å². The minimum Gasteiger partial charge on any atom is -0.490 e. The lowest BCUT2D eigenvalue weighted by atomic mass is 10.1. The summed E-state index contributed by atoms with van der Waals surface area (Å²) >= 11 is 7.01. The van der Waals surface area contributed by atoms with E-state index in [2.05, 4.69) is 37.2 Å². The van der Waals surface area contributed by atoms with Crippen molar-refractivity contribution >= 4 is 49.6 Å². The van der Waals surface area contributed by atoms with Crippen LogP contribution in [-0.2, 0) is 22.4 Å². The highest BCUT2D eigenvalue weighted by molar-refractivity contribution is 9.10. The molecule has 0 aromatic heterocycles. The summed E-state index contributed by atoms with van der Waals surface area (Å²) in [5.41, 5.74) is 1.20. The van der Waals surface area contributed by atoms with E-state index in [9.17, 15) is 14.4 Å². The predicted molar refractivity (Wildman–Crippen MR) is 190 cm³/mol. The second kappa shape index (κ2) is 18.2. The van der Waals surface area contributed by atoms with E-state index >= 15 is 0 Å². The summed E-state index contributed by atoms with van der Waals surface area (Å²) < 4.78 is 35.5. The highest BCUT2D eigenvalue weighted by atomic mass is 79.9. The number of ketones is 1. The Hall–Kier alpha value is -3.61. The van der Waals surface area contributed by atoms with Crippen molar-refractivity contribution in [2.45, 2.75) is 66.8 Å². The van der Waals surface area contributed by atoms with Crippen molar-refractivity contribution in [1.29, 1.82) is 0 Å². The standard InChI is InChI=1S/C36H43Br2NO9/c1-8-43-29-15-23(25(37)19-31(29)45-10-3)17-34(41)47-28-13-12-22(27(40)21-39-36(5,6)7)14-33(28)48-35(42)18-24-16-30(44-9-2)32(46-11-4)20-26(24)38/h12-16,19-20,39H,8-11,17-18,21H2,1-7H3. The molecular weight excluding hydrogens is 750 g/mol. The molecule has 0 bridgehead atoms. The molecular formula is C36H43Br2NO9. The van der Waals surface area contributed by atoms with Crippen LogP contribution in [0.25, 0.3) is 0 Å². The van der Waals surface area contributed by atoms with Crippen LogP contribution in [0, 0.1) is 0 Å². The molecule has 0 amide bonds. The smallest absolute Gasteiger partial charge is 0.315 e. The van der Waals surface area contributed by atoms with E-state index in [1.54, 1.807) is 24.3 Å². The van der Waals surface area contributed by atoms with E-state index in [1.165, 1.54) is 18.2 Å². The predicted octanol–water partition coefficient (Wildman–Crippen LogP) is 7.67. The summed E-state index contributed by atoms with van der Waals surface area (Å²) in [5, 5.41) is 3.16. The lowest BCUT2D eigenvalue weighted by molar-refractivity contribution is -0.136. The Kier molecular flexibility index (Phi) is 14.8. The lowest BCUT2D eigenvalue weighted by Crippen LogP contribution is -2.39. The number of hydrogen-bond acceptors (Lipinski definition) is 10. The molecule has 0 unspecified atom stereocenters. The molecule has 12 heteroatoms. The van der Waals surface area contributed by atoms with Gasteiger partial charge in [0.15, 0.2) is 40.3 Å². The Morgan fingerprint density at radius 2 is 1.02 bits per heavy atom. The van der Waals surface area contributed by atoms with Gasteiger partial charge >= 0.3 is 11.9 Å². The normalized spacial score (nSPS) is 11.1. The molecule has 0 aliphatic carbocycles. The van der Waals surface area contributed by atoms with Crippen molar-refractivity contribution in [2.24, 2.45) is 0 Å². The van der Waals surface area contributed by atoms with Gasteiger partial charge in [0.05, 0.1) is 45.8 Å². The van der Waals surface area contributed by atoms with Crippen molar-refractivity contribution in [1.82, 2.24) is 5.32 Å². The molecule has 3 aromatic carbocycles. The summed E-state index contributed by atoms with van der Waals surface area (Å²) in [4.78, 5) is 39.6. The number of rotatable bonds is 17. The number of Topliss-reactive ketones (excluding diaryl/α,β-unsaturated/α-hetero) is 1. The number of nitrogens with one attached hydrogen (secondary N) is 1. The summed E-state index contributed by atoms with van der Waals surface area (Å²) in [6.07, 6.45) is -0.278. The number of halogens is 2. The maximum Gasteiger partial charge on any atom is 0.315 e. The molecule has 0 saturated carbocycles. The third-order valence-corrected chi connectivity index (χ3v) is 8.06. The maximum atomic E-state index is 13.3. The molecule has 0 atom stereocenters. The highest BCUT2D eigenvalue weighted by Gasteiger charge is 2.22. The van der Waals surface area contributed by atoms with Crippen molar-refractivity contribution in [3.8, 4) is 34.5 Å². The first-order valence-electron chi connectivity index (χ1n) is 15.8. The zero-order valence-electron chi connectivity index (χ0n) is 28.4. The largest absolute Gasteiger partial charge is 0.490 e. The monoisotopic (exact) mass is 791 g/mol. The van der Waals surface area contributed by atoms with E-state index in [0.29, 0.717) is 69.5 Å². The number of hydrogen-bond donors (Lipinski definition) is 1. The van der Waals surface area contributed by atoms with Crippen LogP contribution in [0.3, 0.4) is 0 Å². The van der Waals surface area contributed by atoms with Gasteiger partial charge in [0, 0.05) is 20.0 Å². The van der Waals surface area contributed by atoms with Gasteiger partial charge < -0.3 is 33.7 Å². The lowest BCUT2D eigenvalue weighted by Gasteiger charge is -2.20. The Bertz CT molecular complexity index is 1600. The van der Waals surface area contributed by atoms with Gasteiger partial charge in [-0.25, -0.2) is 0 Å². The molecule has 0 saturated heterocycles. The van der Waals surface area contributed by atoms with Gasteiger partial charge in [-0.2, -0.15) is 0 Å². The summed E-state index contributed by atoms with van der Waals surface area (Å²) in [6, 6.07) is 11.3. The molecule has 1 N–H and O–H groups in total. The summed E-state index contributed by atoms with van der Waals surface area (Å²) in [7, 11) is 0. The van der Waals surface area contributed by atoms with Crippen molar-refractivity contribution in [3.63, 3.8) is 0 Å². The molecule has 0 fully saturated rings. The van der Waals surface area contributed by atoms with Gasteiger partial charge in [-0.05, 0) is 102 Å². The van der Waals surface area contributed by atoms with Crippen LogP contribution in [0.5, 0.6) is 34.5 Å². The number of carbonyl (C=O) groups excluding carboxylic acids is 3. The Labute approximate surface area is 299 Å². The van der Waals surface area contributed by atoms with E-state index in [4.69, 9.17) is 28.4 Å². The molecule has 3 rings (SSSR count). The molecule has 0 aliphatic rings. The first-order valence-corrected chi connectivity index (χ1v) is 17.4. The second-order valence-electron chi connectivity index (χ2n) is 11.5. The van der Waals surface area contributed by atoms with E-state index < -0.39 is 11.9 Å². The number of carbonyl (C=O) groups is 3. The van der Waals surface area contributed by atoms with Gasteiger partial charge in [0.1, 0.15) is 0 Å². The Balaban J connectivity index is 1.90. The third-order valence-electron chi connectivity index (χ3n) is 6.59. The average Bonchev–Trinajstić information content (AvgIpc) is 3.01. The minimum atomic E-state index is -0.646. The van der Waals surface area contributed by atoms with Gasteiger partial charge in [0.25, 0.3) is 0 Å². The van der Waals surface area contributed by atoms with Crippen LogP contribution < -0.4 is 33.7 Å².